The summed E-state index contributed by atoms with van der Waals surface area (Å²) in [5, 5.41) is 27.7. The average Bonchev–Trinajstić information content (AvgIpc) is 2.35. The Balaban J connectivity index is 3.32. The van der Waals surface area contributed by atoms with Gasteiger partial charge in [-0.1, -0.05) is 15.9 Å². The van der Waals surface area contributed by atoms with E-state index in [1.165, 1.54) is 0 Å². The van der Waals surface area contributed by atoms with Crippen LogP contribution in [-0.4, -0.2) is 32.7 Å². The van der Waals surface area contributed by atoms with Crippen molar-refractivity contribution in [3.05, 3.63) is 34.9 Å². The Labute approximate surface area is 114 Å². The predicted octanol–water partition coefficient (Wildman–Crippen LogP) is 2.19. The van der Waals surface area contributed by atoms with Gasteiger partial charge in [0, 0.05) is 5.33 Å². The van der Waals surface area contributed by atoms with E-state index in [2.05, 4.69) is 15.9 Å². The number of aromatic carboxylic acids is 1. The molecule has 0 spiro atoms. The first-order chi connectivity index (χ1) is 8.66. The lowest BCUT2D eigenvalue weighted by Gasteiger charge is -2.18. The summed E-state index contributed by atoms with van der Waals surface area (Å²) in [6.07, 6.45) is -7.69. The molecule has 2 unspecified atom stereocenters. The molecule has 0 fully saturated rings. The van der Waals surface area contributed by atoms with Gasteiger partial charge in [0.1, 0.15) is 6.10 Å². The van der Waals surface area contributed by atoms with Crippen LogP contribution < -0.4 is 0 Å². The fourth-order valence-electron chi connectivity index (χ4n) is 1.42. The highest BCUT2D eigenvalue weighted by Crippen LogP contribution is 2.32. The van der Waals surface area contributed by atoms with Gasteiger partial charge in [-0.15, -0.1) is 0 Å². The van der Waals surface area contributed by atoms with Gasteiger partial charge < -0.3 is 15.3 Å². The molecule has 0 aromatic heterocycles. The molecule has 0 saturated heterocycles. The number of carboxylic acid groups (broad SMARTS) is 1. The van der Waals surface area contributed by atoms with E-state index in [1.807, 2.05) is 0 Å². The van der Waals surface area contributed by atoms with Crippen molar-refractivity contribution >= 4 is 21.9 Å². The van der Waals surface area contributed by atoms with Crippen molar-refractivity contribution in [1.29, 1.82) is 0 Å². The number of rotatable bonds is 4. The topological polar surface area (TPSA) is 77.8 Å². The summed E-state index contributed by atoms with van der Waals surface area (Å²) in [7, 11) is 0. The third kappa shape index (κ3) is 3.92. The highest BCUT2D eigenvalue weighted by Gasteiger charge is 2.33. The number of alkyl halides is 4. The SMILES string of the molecule is O=C(O)c1cc(C(O)C(O)CBr)cc(C(F)(F)F)c1. The summed E-state index contributed by atoms with van der Waals surface area (Å²) in [6.45, 7) is 0. The first-order valence-electron chi connectivity index (χ1n) is 5.04. The quantitative estimate of drug-likeness (QED) is 0.733. The van der Waals surface area contributed by atoms with Crippen LogP contribution in [0.2, 0.25) is 0 Å². The average molecular weight is 343 g/mol. The molecule has 0 bridgehead atoms. The van der Waals surface area contributed by atoms with Crippen LogP contribution in [0.5, 0.6) is 0 Å². The lowest BCUT2D eigenvalue weighted by molar-refractivity contribution is -0.137. The van der Waals surface area contributed by atoms with E-state index in [0.717, 1.165) is 6.07 Å². The van der Waals surface area contributed by atoms with Crippen LogP contribution >= 0.6 is 15.9 Å². The minimum atomic E-state index is -4.74. The summed E-state index contributed by atoms with van der Waals surface area (Å²) >= 11 is 2.87. The van der Waals surface area contributed by atoms with Crippen LogP contribution in [0, 0.1) is 0 Å². The molecule has 1 rings (SSSR count). The van der Waals surface area contributed by atoms with Crippen molar-refractivity contribution in [3.63, 3.8) is 0 Å². The van der Waals surface area contributed by atoms with Gasteiger partial charge in [-0.2, -0.15) is 13.2 Å². The molecule has 8 heteroatoms. The second-order valence-electron chi connectivity index (χ2n) is 3.81. The molecule has 0 aliphatic rings. The second-order valence-corrected chi connectivity index (χ2v) is 4.46. The van der Waals surface area contributed by atoms with Crippen LogP contribution in [-0.2, 0) is 6.18 Å². The maximum Gasteiger partial charge on any atom is 0.416 e. The zero-order valence-corrected chi connectivity index (χ0v) is 10.9. The van der Waals surface area contributed by atoms with Gasteiger partial charge in [-0.05, 0) is 23.8 Å². The normalized spacial score (nSPS) is 15.1. The van der Waals surface area contributed by atoms with Crippen LogP contribution in [0.15, 0.2) is 18.2 Å². The third-order valence-electron chi connectivity index (χ3n) is 2.39. The van der Waals surface area contributed by atoms with Crippen molar-refractivity contribution in [2.45, 2.75) is 18.4 Å². The number of halogens is 4. The zero-order chi connectivity index (χ0) is 14.8. The monoisotopic (exact) mass is 342 g/mol. The van der Waals surface area contributed by atoms with E-state index in [0.29, 0.717) is 12.1 Å². The van der Waals surface area contributed by atoms with Crippen LogP contribution in [0.3, 0.4) is 0 Å². The molecule has 1 aromatic rings. The summed E-state index contributed by atoms with van der Waals surface area (Å²) in [4.78, 5) is 10.8. The Kier molecular flexibility index (Phi) is 4.94. The highest BCUT2D eigenvalue weighted by atomic mass is 79.9. The Morgan fingerprint density at radius 3 is 2.26 bits per heavy atom. The Morgan fingerprint density at radius 2 is 1.84 bits per heavy atom. The summed E-state index contributed by atoms with van der Waals surface area (Å²) < 4.78 is 37.8. The first kappa shape index (κ1) is 15.9. The fourth-order valence-corrected chi connectivity index (χ4v) is 1.77. The molecule has 2 atom stereocenters. The Morgan fingerprint density at radius 1 is 1.26 bits per heavy atom. The van der Waals surface area contributed by atoms with Crippen molar-refractivity contribution in [3.8, 4) is 0 Å². The fraction of sp³-hybridized carbons (Fsp3) is 0.364. The first-order valence-corrected chi connectivity index (χ1v) is 6.16. The highest BCUT2D eigenvalue weighted by molar-refractivity contribution is 9.09. The molecule has 4 nitrogen and oxygen atoms in total. The minimum Gasteiger partial charge on any atom is -0.478 e. The molecular formula is C11H10BrF3O4. The molecular weight excluding hydrogens is 333 g/mol. The predicted molar refractivity (Wildman–Crippen MR) is 63.2 cm³/mol. The molecule has 0 heterocycles. The van der Waals surface area contributed by atoms with Crippen molar-refractivity contribution < 1.29 is 33.3 Å². The summed E-state index contributed by atoms with van der Waals surface area (Å²) in [6, 6.07) is 1.98. The number of benzene rings is 1. The molecule has 1 aromatic carbocycles. The van der Waals surface area contributed by atoms with E-state index < -0.39 is 35.5 Å². The van der Waals surface area contributed by atoms with E-state index in [4.69, 9.17) is 5.11 Å². The lowest BCUT2D eigenvalue weighted by atomic mass is 9.99. The van der Waals surface area contributed by atoms with Gasteiger partial charge >= 0.3 is 12.1 Å². The van der Waals surface area contributed by atoms with Gasteiger partial charge in [-0.25, -0.2) is 4.79 Å². The molecule has 0 amide bonds. The standard InChI is InChI=1S/C11H10BrF3O4/c12-4-8(16)9(17)5-1-6(10(18)19)3-7(2-5)11(13,14)15/h1-3,8-9,16-17H,4H2,(H,18,19). The summed E-state index contributed by atoms with van der Waals surface area (Å²) in [5.41, 5.74) is -2.10. The Bertz CT molecular complexity index is 475. The summed E-state index contributed by atoms with van der Waals surface area (Å²) in [5.74, 6) is -1.55. The van der Waals surface area contributed by atoms with E-state index in [9.17, 15) is 28.2 Å². The van der Waals surface area contributed by atoms with Crippen molar-refractivity contribution in [1.82, 2.24) is 0 Å². The third-order valence-corrected chi connectivity index (χ3v) is 3.06. The maximum absolute atomic E-state index is 12.6. The maximum atomic E-state index is 12.6. The van der Waals surface area contributed by atoms with Crippen LogP contribution in [0.1, 0.15) is 27.6 Å². The zero-order valence-electron chi connectivity index (χ0n) is 9.36. The largest absolute Gasteiger partial charge is 0.478 e. The number of aliphatic hydroxyl groups is 2. The molecule has 3 N–H and O–H groups in total. The van der Waals surface area contributed by atoms with E-state index in [1.54, 1.807) is 0 Å². The van der Waals surface area contributed by atoms with Crippen LogP contribution in [0.4, 0.5) is 13.2 Å². The Hall–Kier alpha value is -1.12. The smallest absolute Gasteiger partial charge is 0.416 e. The van der Waals surface area contributed by atoms with Gasteiger partial charge in [0.05, 0.1) is 17.2 Å². The second kappa shape index (κ2) is 5.89. The molecule has 0 aliphatic heterocycles. The van der Waals surface area contributed by atoms with Crippen molar-refractivity contribution in [2.75, 3.05) is 5.33 Å². The van der Waals surface area contributed by atoms with Gasteiger partial charge in [0.25, 0.3) is 0 Å². The number of carbonyl (C=O) groups is 1. The number of hydrogen-bond donors (Lipinski definition) is 3. The van der Waals surface area contributed by atoms with Crippen molar-refractivity contribution in [2.24, 2.45) is 0 Å². The van der Waals surface area contributed by atoms with E-state index >= 15 is 0 Å². The molecule has 106 valence electrons. The van der Waals surface area contributed by atoms with Gasteiger partial charge in [0.15, 0.2) is 0 Å². The lowest BCUT2D eigenvalue weighted by Crippen LogP contribution is -2.21. The molecule has 0 radical (unpaired) electrons. The van der Waals surface area contributed by atoms with Gasteiger partial charge in [0.2, 0.25) is 0 Å². The minimum absolute atomic E-state index is 0.0627. The molecule has 0 saturated carbocycles. The molecule has 0 aliphatic carbocycles. The van der Waals surface area contributed by atoms with Crippen LogP contribution in [0.25, 0.3) is 0 Å². The number of aliphatic hydroxyl groups excluding tert-OH is 2. The van der Waals surface area contributed by atoms with Gasteiger partial charge in [-0.3, -0.25) is 0 Å². The number of carboxylic acids is 1. The number of hydrogen-bond acceptors (Lipinski definition) is 3. The van der Waals surface area contributed by atoms with E-state index in [-0.39, 0.29) is 10.9 Å². The molecule has 19 heavy (non-hydrogen) atoms.